The van der Waals surface area contributed by atoms with Crippen molar-refractivity contribution >= 4 is 112 Å². The number of hydrogen-bond donors (Lipinski definition) is 0. The molecule has 3 heteroatoms. The normalized spacial score (nSPS) is 11.9. The van der Waals surface area contributed by atoms with Gasteiger partial charge in [-0.15, -0.1) is 22.7 Å². The molecule has 2 aromatic heterocycles. The SMILES string of the molecule is c1ccc(-c2ccc3cc(N(c4cc5c6ccccc6sc5c5ccccc45)c4cccc5c4sc4c6ccccc6ccc54)ccc3c2)cc1. The first kappa shape index (κ1) is 28.8. The van der Waals surface area contributed by atoms with Crippen molar-refractivity contribution in [3.8, 4) is 11.1 Å². The lowest BCUT2D eigenvalue weighted by atomic mass is 9.99. The summed E-state index contributed by atoms with van der Waals surface area (Å²) in [7, 11) is 0. The Morgan fingerprint density at radius 2 is 0.961 bits per heavy atom. The molecule has 11 rings (SSSR count). The maximum atomic E-state index is 2.53. The third-order valence-corrected chi connectivity index (χ3v) is 12.9. The monoisotopic (exact) mass is 683 g/mol. The maximum Gasteiger partial charge on any atom is 0.0640 e. The van der Waals surface area contributed by atoms with Gasteiger partial charge < -0.3 is 4.90 Å². The quantitative estimate of drug-likeness (QED) is 0.178. The van der Waals surface area contributed by atoms with E-state index in [0.29, 0.717) is 0 Å². The van der Waals surface area contributed by atoms with Crippen molar-refractivity contribution in [1.82, 2.24) is 0 Å². The van der Waals surface area contributed by atoms with Crippen LogP contribution in [0.3, 0.4) is 0 Å². The Kier molecular flexibility index (Phi) is 6.36. The summed E-state index contributed by atoms with van der Waals surface area (Å²) in [6, 6.07) is 64.9. The summed E-state index contributed by atoms with van der Waals surface area (Å²) >= 11 is 3.81. The van der Waals surface area contributed by atoms with E-state index in [4.69, 9.17) is 0 Å². The van der Waals surface area contributed by atoms with Crippen LogP contribution in [0.1, 0.15) is 0 Å². The number of nitrogens with zero attached hydrogens (tertiary/aromatic N) is 1. The molecule has 0 spiro atoms. The van der Waals surface area contributed by atoms with E-state index >= 15 is 0 Å². The Bertz CT molecular complexity index is 3150. The van der Waals surface area contributed by atoms with E-state index < -0.39 is 0 Å². The van der Waals surface area contributed by atoms with Gasteiger partial charge in [0.2, 0.25) is 0 Å². The number of fused-ring (bicyclic) bond motifs is 11. The van der Waals surface area contributed by atoms with Gasteiger partial charge >= 0.3 is 0 Å². The number of anilines is 3. The first-order valence-corrected chi connectivity index (χ1v) is 19.0. The largest absolute Gasteiger partial charge is 0.308 e. The third-order valence-electron chi connectivity index (χ3n) is 10.4. The second-order valence-electron chi connectivity index (χ2n) is 13.3. The minimum absolute atomic E-state index is 1.15. The van der Waals surface area contributed by atoms with Crippen LogP contribution in [-0.4, -0.2) is 0 Å². The smallest absolute Gasteiger partial charge is 0.0640 e. The minimum Gasteiger partial charge on any atom is -0.308 e. The van der Waals surface area contributed by atoms with Crippen LogP contribution in [0.25, 0.3) is 83.8 Å². The zero-order valence-electron chi connectivity index (χ0n) is 27.5. The van der Waals surface area contributed by atoms with Crippen molar-refractivity contribution in [3.05, 3.63) is 176 Å². The van der Waals surface area contributed by atoms with Gasteiger partial charge in [-0.3, -0.25) is 0 Å². The molecule has 0 saturated carbocycles. The summed E-state index contributed by atoms with van der Waals surface area (Å²) in [4.78, 5) is 2.53. The average Bonchev–Trinajstić information content (AvgIpc) is 3.78. The van der Waals surface area contributed by atoms with E-state index in [1.165, 1.54) is 95.2 Å². The summed E-state index contributed by atoms with van der Waals surface area (Å²) < 4.78 is 5.29. The lowest BCUT2D eigenvalue weighted by Crippen LogP contribution is -2.10. The Hall–Kier alpha value is -6.00. The molecule has 2 heterocycles. The Labute approximate surface area is 302 Å². The van der Waals surface area contributed by atoms with Gasteiger partial charge in [-0.1, -0.05) is 140 Å². The summed E-state index contributed by atoms with van der Waals surface area (Å²) in [5.74, 6) is 0. The zero-order chi connectivity index (χ0) is 33.5. The van der Waals surface area contributed by atoms with Gasteiger partial charge in [-0.25, -0.2) is 0 Å². The Morgan fingerprint density at radius 3 is 1.86 bits per heavy atom. The summed E-state index contributed by atoms with van der Waals surface area (Å²) in [5.41, 5.74) is 6.00. The predicted molar refractivity (Wildman–Crippen MR) is 225 cm³/mol. The molecule has 0 aliphatic heterocycles. The second-order valence-corrected chi connectivity index (χ2v) is 15.4. The van der Waals surface area contributed by atoms with Gasteiger partial charge in [-0.2, -0.15) is 0 Å². The van der Waals surface area contributed by atoms with Crippen LogP contribution in [0.4, 0.5) is 17.1 Å². The highest BCUT2D eigenvalue weighted by atomic mass is 32.1. The van der Waals surface area contributed by atoms with Crippen LogP contribution in [0, 0.1) is 0 Å². The highest BCUT2D eigenvalue weighted by Crippen LogP contribution is 2.50. The van der Waals surface area contributed by atoms with Crippen molar-refractivity contribution in [2.45, 2.75) is 0 Å². The molecule has 0 fully saturated rings. The van der Waals surface area contributed by atoms with Crippen LogP contribution in [0.15, 0.2) is 176 Å². The fourth-order valence-corrected chi connectivity index (χ4v) is 10.6. The second kappa shape index (κ2) is 11.3. The lowest BCUT2D eigenvalue weighted by molar-refractivity contribution is 1.33. The average molecular weight is 684 g/mol. The fourth-order valence-electron chi connectivity index (χ4n) is 7.99. The van der Waals surface area contributed by atoms with Gasteiger partial charge in [0.05, 0.1) is 16.1 Å². The molecule has 51 heavy (non-hydrogen) atoms. The molecule has 11 aromatic rings. The molecular formula is C48H29NS2. The molecule has 0 bridgehead atoms. The van der Waals surface area contributed by atoms with Gasteiger partial charge in [0.25, 0.3) is 0 Å². The van der Waals surface area contributed by atoms with Crippen molar-refractivity contribution < 1.29 is 0 Å². The van der Waals surface area contributed by atoms with Crippen LogP contribution >= 0.6 is 22.7 Å². The molecule has 0 radical (unpaired) electrons. The van der Waals surface area contributed by atoms with Crippen molar-refractivity contribution in [2.75, 3.05) is 4.90 Å². The van der Waals surface area contributed by atoms with Gasteiger partial charge in [0.15, 0.2) is 0 Å². The topological polar surface area (TPSA) is 3.24 Å². The molecule has 238 valence electrons. The highest BCUT2D eigenvalue weighted by Gasteiger charge is 2.23. The molecule has 0 N–H and O–H groups in total. The van der Waals surface area contributed by atoms with Crippen molar-refractivity contribution in [3.63, 3.8) is 0 Å². The molecule has 1 nitrogen and oxygen atoms in total. The molecule has 0 saturated heterocycles. The lowest BCUT2D eigenvalue weighted by Gasteiger charge is -2.28. The number of hydrogen-bond acceptors (Lipinski definition) is 3. The first-order valence-electron chi connectivity index (χ1n) is 17.3. The van der Waals surface area contributed by atoms with E-state index in [1.807, 2.05) is 22.7 Å². The molecule has 9 aromatic carbocycles. The molecular weight excluding hydrogens is 655 g/mol. The highest BCUT2D eigenvalue weighted by molar-refractivity contribution is 7.27. The van der Waals surface area contributed by atoms with Crippen LogP contribution in [-0.2, 0) is 0 Å². The molecule has 0 aliphatic rings. The number of rotatable bonds is 4. The van der Waals surface area contributed by atoms with Gasteiger partial charge in [0, 0.05) is 52.1 Å². The molecule has 0 atom stereocenters. The van der Waals surface area contributed by atoms with E-state index in [-0.39, 0.29) is 0 Å². The van der Waals surface area contributed by atoms with Crippen molar-refractivity contribution in [1.29, 1.82) is 0 Å². The fraction of sp³-hybridized carbons (Fsp3) is 0. The summed E-state index contributed by atoms with van der Waals surface area (Å²) in [5, 5.41) is 12.8. The first-order chi connectivity index (χ1) is 25.3. The predicted octanol–water partition coefficient (Wildman–Crippen LogP) is 15.0. The molecule has 0 amide bonds. The summed E-state index contributed by atoms with van der Waals surface area (Å²) in [6.07, 6.45) is 0. The minimum atomic E-state index is 1.15. The van der Waals surface area contributed by atoms with Crippen LogP contribution in [0.2, 0.25) is 0 Å². The van der Waals surface area contributed by atoms with Crippen LogP contribution < -0.4 is 4.90 Å². The van der Waals surface area contributed by atoms with Gasteiger partial charge in [-0.05, 0) is 69.1 Å². The zero-order valence-corrected chi connectivity index (χ0v) is 29.1. The van der Waals surface area contributed by atoms with E-state index in [2.05, 4.69) is 181 Å². The molecule has 0 unspecified atom stereocenters. The number of thiophene rings is 2. The molecule has 0 aliphatic carbocycles. The van der Waals surface area contributed by atoms with Crippen LogP contribution in [0.5, 0.6) is 0 Å². The number of benzene rings is 9. The van der Waals surface area contributed by atoms with E-state index in [9.17, 15) is 0 Å². The van der Waals surface area contributed by atoms with Crippen molar-refractivity contribution in [2.24, 2.45) is 0 Å². The standard InChI is InChI=1S/C48H29NS2/c1-2-11-30(12-3-1)32-21-22-34-28-35(25-23-33(34)27-32)49(43-19-10-18-40-41-26-24-31-13-4-5-14-36(31)46(41)51-48(40)43)44-29-42-38-16-8-9-20-45(38)50-47(42)39-17-7-6-15-37(39)44/h1-29H. The van der Waals surface area contributed by atoms with E-state index in [0.717, 1.165) is 5.69 Å². The van der Waals surface area contributed by atoms with Gasteiger partial charge in [0.1, 0.15) is 0 Å². The summed E-state index contributed by atoms with van der Waals surface area (Å²) in [6.45, 7) is 0. The maximum absolute atomic E-state index is 2.53. The Balaban J connectivity index is 1.22. The van der Waals surface area contributed by atoms with E-state index in [1.54, 1.807) is 0 Å². The Morgan fingerprint density at radius 1 is 0.314 bits per heavy atom. The third kappa shape index (κ3) is 4.45.